The van der Waals surface area contributed by atoms with E-state index in [9.17, 15) is 0 Å². The largest absolute Gasteiger partial charge is 0.455 e. The van der Waals surface area contributed by atoms with Crippen LogP contribution in [0, 0.1) is 6.92 Å². The molecular weight excluding hydrogens is 306 g/mol. The normalized spacial score (nSPS) is 20.6. The van der Waals surface area contributed by atoms with Crippen molar-refractivity contribution in [1.82, 2.24) is 5.32 Å². The van der Waals surface area contributed by atoms with Gasteiger partial charge < -0.3 is 9.73 Å². The van der Waals surface area contributed by atoms with E-state index in [4.69, 9.17) is 4.42 Å². The first-order valence-electron chi connectivity index (χ1n) is 9.37. The van der Waals surface area contributed by atoms with Crippen LogP contribution < -0.4 is 5.32 Å². The molecule has 1 atom stereocenters. The first-order chi connectivity index (χ1) is 12.3. The first-order valence-corrected chi connectivity index (χ1v) is 9.37. The second-order valence-corrected chi connectivity index (χ2v) is 7.37. The first kappa shape index (κ1) is 14.8. The summed E-state index contributed by atoms with van der Waals surface area (Å²) in [6.45, 7) is 2.17. The standard InChI is InChI=1S/C23H23NO/c1-15-12-13-19-18-10-6-9-17(16-7-2-3-8-16)22(18)25-23(19)21(15)20-11-4-5-14-24-20/h4-6,9-14,16,20,24H,2-3,7-8H2,1H3. The minimum absolute atomic E-state index is 0.171. The summed E-state index contributed by atoms with van der Waals surface area (Å²) < 4.78 is 6.56. The third-order valence-corrected chi connectivity index (χ3v) is 5.85. The Labute approximate surface area is 148 Å². The Bertz CT molecular complexity index is 1000. The number of aryl methyl sites for hydroxylation is 1. The van der Waals surface area contributed by atoms with Crippen molar-refractivity contribution in [1.29, 1.82) is 0 Å². The lowest BCUT2D eigenvalue weighted by Gasteiger charge is -2.18. The average Bonchev–Trinajstić information content (AvgIpc) is 3.29. The number of hydrogen-bond donors (Lipinski definition) is 1. The van der Waals surface area contributed by atoms with Crippen LogP contribution in [0.1, 0.15) is 54.3 Å². The Morgan fingerprint density at radius 1 is 0.960 bits per heavy atom. The molecule has 1 N–H and O–H groups in total. The highest BCUT2D eigenvalue weighted by Crippen LogP contribution is 2.42. The van der Waals surface area contributed by atoms with Crippen LogP contribution >= 0.6 is 0 Å². The number of rotatable bonds is 2. The summed E-state index contributed by atoms with van der Waals surface area (Å²) in [6.07, 6.45) is 13.6. The quantitative estimate of drug-likeness (QED) is 0.599. The third-order valence-electron chi connectivity index (χ3n) is 5.85. The lowest BCUT2D eigenvalue weighted by atomic mass is 9.94. The Kier molecular flexibility index (Phi) is 3.44. The molecule has 0 bridgehead atoms. The highest BCUT2D eigenvalue weighted by molar-refractivity contribution is 6.07. The van der Waals surface area contributed by atoms with Crippen LogP contribution in [0.2, 0.25) is 0 Å². The van der Waals surface area contributed by atoms with E-state index < -0.39 is 0 Å². The molecule has 2 nitrogen and oxygen atoms in total. The van der Waals surface area contributed by atoms with Gasteiger partial charge in [-0.2, -0.15) is 0 Å². The number of fused-ring (bicyclic) bond motifs is 3. The number of dihydropyridines is 1. The van der Waals surface area contributed by atoms with Gasteiger partial charge in [-0.05, 0) is 49.1 Å². The fourth-order valence-corrected chi connectivity index (χ4v) is 4.57. The molecule has 2 aromatic carbocycles. The number of furan rings is 1. The summed E-state index contributed by atoms with van der Waals surface area (Å²) in [5.41, 5.74) is 6.07. The third kappa shape index (κ3) is 2.31. The van der Waals surface area contributed by atoms with Gasteiger partial charge in [0.15, 0.2) is 0 Å². The molecule has 1 aromatic heterocycles. The van der Waals surface area contributed by atoms with Crippen molar-refractivity contribution >= 4 is 21.9 Å². The lowest BCUT2D eigenvalue weighted by molar-refractivity contribution is 0.629. The molecule has 0 saturated heterocycles. The van der Waals surface area contributed by atoms with Crippen LogP contribution in [0.3, 0.4) is 0 Å². The van der Waals surface area contributed by atoms with Crippen LogP contribution in [-0.4, -0.2) is 0 Å². The molecular formula is C23H23NO. The summed E-state index contributed by atoms with van der Waals surface area (Å²) >= 11 is 0. The van der Waals surface area contributed by atoms with Gasteiger partial charge in [0.05, 0.1) is 6.04 Å². The van der Waals surface area contributed by atoms with E-state index in [1.54, 1.807) is 0 Å². The van der Waals surface area contributed by atoms with Gasteiger partial charge >= 0.3 is 0 Å². The maximum atomic E-state index is 6.56. The van der Waals surface area contributed by atoms with E-state index in [1.165, 1.54) is 53.1 Å². The van der Waals surface area contributed by atoms with E-state index in [2.05, 4.69) is 54.7 Å². The molecule has 25 heavy (non-hydrogen) atoms. The SMILES string of the molecule is Cc1ccc2c(oc3c(C4CCCC4)cccc32)c1C1C=CC=CN1. The maximum Gasteiger partial charge on any atom is 0.141 e. The molecule has 1 fully saturated rings. The highest BCUT2D eigenvalue weighted by atomic mass is 16.3. The Morgan fingerprint density at radius 2 is 1.80 bits per heavy atom. The molecule has 126 valence electrons. The molecule has 1 unspecified atom stereocenters. The smallest absolute Gasteiger partial charge is 0.141 e. The molecule has 3 aromatic rings. The number of allylic oxidation sites excluding steroid dienone is 2. The molecule has 0 amide bonds. The Hall–Kier alpha value is -2.48. The van der Waals surface area contributed by atoms with Crippen LogP contribution in [0.5, 0.6) is 0 Å². The fourth-order valence-electron chi connectivity index (χ4n) is 4.57. The molecule has 1 saturated carbocycles. The minimum atomic E-state index is 0.171. The van der Waals surface area contributed by atoms with E-state index in [1.807, 2.05) is 12.3 Å². The molecule has 2 heterocycles. The zero-order valence-corrected chi connectivity index (χ0v) is 14.6. The summed E-state index contributed by atoms with van der Waals surface area (Å²) in [4.78, 5) is 0. The van der Waals surface area contributed by atoms with Gasteiger partial charge in [0.1, 0.15) is 11.2 Å². The van der Waals surface area contributed by atoms with Crippen molar-refractivity contribution in [2.45, 2.75) is 44.6 Å². The van der Waals surface area contributed by atoms with Crippen molar-refractivity contribution in [3.63, 3.8) is 0 Å². The molecule has 5 rings (SSSR count). The summed E-state index contributed by atoms with van der Waals surface area (Å²) in [5, 5.41) is 5.95. The van der Waals surface area contributed by atoms with Crippen molar-refractivity contribution in [2.24, 2.45) is 0 Å². The van der Waals surface area contributed by atoms with Gasteiger partial charge in [0.25, 0.3) is 0 Å². The number of para-hydroxylation sites is 1. The van der Waals surface area contributed by atoms with Crippen molar-refractivity contribution in [2.75, 3.05) is 0 Å². The number of nitrogens with one attached hydrogen (secondary N) is 1. The van der Waals surface area contributed by atoms with Gasteiger partial charge in [0, 0.05) is 16.3 Å². The molecule has 2 heteroatoms. The Balaban J connectivity index is 1.77. The molecule has 1 aliphatic carbocycles. The summed E-state index contributed by atoms with van der Waals surface area (Å²) in [5.74, 6) is 0.657. The second kappa shape index (κ2) is 5.80. The molecule has 1 aliphatic heterocycles. The minimum Gasteiger partial charge on any atom is -0.455 e. The van der Waals surface area contributed by atoms with Crippen LogP contribution in [0.4, 0.5) is 0 Å². The summed E-state index contributed by atoms with van der Waals surface area (Å²) in [6, 6.07) is 11.3. The van der Waals surface area contributed by atoms with E-state index in [0.717, 1.165) is 11.2 Å². The van der Waals surface area contributed by atoms with Crippen molar-refractivity contribution < 1.29 is 4.42 Å². The molecule has 2 aliphatic rings. The van der Waals surface area contributed by atoms with Crippen molar-refractivity contribution in [3.8, 4) is 0 Å². The molecule has 0 radical (unpaired) electrons. The number of benzene rings is 2. The van der Waals surface area contributed by atoms with Crippen molar-refractivity contribution in [3.05, 3.63) is 71.5 Å². The zero-order valence-electron chi connectivity index (χ0n) is 14.6. The topological polar surface area (TPSA) is 25.2 Å². The zero-order chi connectivity index (χ0) is 16.8. The predicted molar refractivity (Wildman–Crippen MR) is 104 cm³/mol. The van der Waals surface area contributed by atoms with Crippen LogP contribution in [-0.2, 0) is 0 Å². The fraction of sp³-hybridized carbons (Fsp3) is 0.304. The van der Waals surface area contributed by atoms with Gasteiger partial charge in [-0.15, -0.1) is 0 Å². The monoisotopic (exact) mass is 329 g/mol. The number of hydrogen-bond acceptors (Lipinski definition) is 2. The summed E-state index contributed by atoms with van der Waals surface area (Å²) in [7, 11) is 0. The van der Waals surface area contributed by atoms with Gasteiger partial charge in [-0.3, -0.25) is 0 Å². The van der Waals surface area contributed by atoms with E-state index >= 15 is 0 Å². The van der Waals surface area contributed by atoms with Gasteiger partial charge in [0.2, 0.25) is 0 Å². The van der Waals surface area contributed by atoms with Gasteiger partial charge in [-0.25, -0.2) is 0 Å². The van der Waals surface area contributed by atoms with Crippen LogP contribution in [0.15, 0.2) is 59.2 Å². The predicted octanol–water partition coefficient (Wildman–Crippen LogP) is 6.27. The maximum absolute atomic E-state index is 6.56. The lowest BCUT2D eigenvalue weighted by Crippen LogP contribution is -2.16. The van der Waals surface area contributed by atoms with E-state index in [0.29, 0.717) is 5.92 Å². The molecule has 0 spiro atoms. The van der Waals surface area contributed by atoms with Crippen LogP contribution in [0.25, 0.3) is 21.9 Å². The van der Waals surface area contributed by atoms with Gasteiger partial charge in [-0.1, -0.05) is 55.3 Å². The second-order valence-electron chi connectivity index (χ2n) is 7.37. The average molecular weight is 329 g/mol. The van der Waals surface area contributed by atoms with E-state index in [-0.39, 0.29) is 6.04 Å². The highest BCUT2D eigenvalue weighted by Gasteiger charge is 2.24. The Morgan fingerprint density at radius 3 is 2.60 bits per heavy atom.